The molecule has 2 aromatic heterocycles. The van der Waals surface area contributed by atoms with Gasteiger partial charge in [-0.3, -0.25) is 0 Å². The summed E-state index contributed by atoms with van der Waals surface area (Å²) < 4.78 is 26.9. The summed E-state index contributed by atoms with van der Waals surface area (Å²) in [6.07, 6.45) is -0.353. The van der Waals surface area contributed by atoms with Crippen LogP contribution in [0.5, 0.6) is 0 Å². The fraction of sp³-hybridized carbons (Fsp3) is 0.280. The molecule has 2 fully saturated rings. The van der Waals surface area contributed by atoms with Crippen molar-refractivity contribution < 1.29 is 23.7 Å². The van der Waals surface area contributed by atoms with Crippen LogP contribution in [0.2, 0.25) is 0 Å². The predicted molar refractivity (Wildman–Crippen MR) is 132 cm³/mol. The van der Waals surface area contributed by atoms with Gasteiger partial charge in [-0.05, 0) is 33.6 Å². The van der Waals surface area contributed by atoms with Crippen LogP contribution in [0, 0.1) is 0 Å². The quantitative estimate of drug-likeness (QED) is 0.344. The van der Waals surface area contributed by atoms with Crippen molar-refractivity contribution in [1.82, 2.24) is 19.7 Å². The molecular formula is C25H22BrN5O5. The van der Waals surface area contributed by atoms with Crippen LogP contribution >= 0.6 is 15.9 Å². The highest BCUT2D eigenvalue weighted by molar-refractivity contribution is 9.10. The van der Waals surface area contributed by atoms with Gasteiger partial charge in [0, 0.05) is 0 Å². The van der Waals surface area contributed by atoms with E-state index in [2.05, 4.69) is 31.0 Å². The van der Waals surface area contributed by atoms with Crippen molar-refractivity contribution in [2.75, 3.05) is 18.9 Å². The van der Waals surface area contributed by atoms with Crippen LogP contribution in [0.4, 0.5) is 5.82 Å². The van der Waals surface area contributed by atoms with Crippen LogP contribution in [-0.4, -0.2) is 56.7 Å². The van der Waals surface area contributed by atoms with E-state index < -0.39 is 30.0 Å². The molecule has 0 unspecified atom stereocenters. The lowest BCUT2D eigenvalue weighted by atomic mass is 10.00. The number of esters is 1. The van der Waals surface area contributed by atoms with E-state index in [0.717, 1.165) is 5.56 Å². The molecule has 2 N–H and O–H groups in total. The lowest BCUT2D eigenvalue weighted by Crippen LogP contribution is -2.46. The molecule has 0 radical (unpaired) electrons. The second-order valence-corrected chi connectivity index (χ2v) is 9.45. The van der Waals surface area contributed by atoms with E-state index in [1.54, 1.807) is 28.9 Å². The van der Waals surface area contributed by atoms with Crippen LogP contribution in [0.25, 0.3) is 11.0 Å². The number of carbonyl (C=O) groups is 1. The Balaban J connectivity index is 1.31. The van der Waals surface area contributed by atoms with Gasteiger partial charge in [0.15, 0.2) is 17.5 Å². The molecule has 2 aromatic carbocycles. The Morgan fingerprint density at radius 3 is 2.67 bits per heavy atom. The molecule has 4 atom stereocenters. The molecule has 6 rings (SSSR count). The summed E-state index contributed by atoms with van der Waals surface area (Å²) in [5.74, 6) is -0.152. The zero-order chi connectivity index (χ0) is 24.7. The smallest absolute Gasteiger partial charge is 0.338 e. The van der Waals surface area contributed by atoms with Crippen LogP contribution in [0.3, 0.4) is 0 Å². The number of fused-ring (bicyclic) bond motifs is 3. The van der Waals surface area contributed by atoms with Crippen LogP contribution in [0.1, 0.15) is 22.1 Å². The number of halogens is 1. The number of rotatable bonds is 7. The van der Waals surface area contributed by atoms with Gasteiger partial charge in [0.2, 0.25) is 0 Å². The monoisotopic (exact) mass is 551 g/mol. The number of anilines is 1. The van der Waals surface area contributed by atoms with Crippen molar-refractivity contribution in [2.45, 2.75) is 30.6 Å². The molecule has 10 nitrogen and oxygen atoms in total. The average molecular weight is 552 g/mol. The third-order valence-corrected chi connectivity index (χ3v) is 6.97. The zero-order valence-electron chi connectivity index (χ0n) is 19.0. The summed E-state index contributed by atoms with van der Waals surface area (Å²) in [5.41, 5.74) is 6.98. The number of nitrogens with two attached hydrogens (primary N) is 1. The van der Waals surface area contributed by atoms with Gasteiger partial charge in [-0.2, -0.15) is 5.10 Å². The van der Waals surface area contributed by atoms with Gasteiger partial charge in [-0.25, -0.2) is 19.4 Å². The second kappa shape index (κ2) is 9.25. The normalized spacial score (nSPS) is 24.9. The van der Waals surface area contributed by atoms with Crippen LogP contribution in [-0.2, 0) is 25.6 Å². The van der Waals surface area contributed by atoms with Crippen molar-refractivity contribution >= 4 is 38.8 Å². The Bertz CT molecular complexity index is 1400. The molecule has 2 saturated heterocycles. The SMILES string of the molecule is Nc1ncnc2c1c(Br)nn2[C@@H]1O[C@@]2(COC(=O)c3ccccc3)CO[C@@H]1[C@@H]2OCc1ccccc1. The van der Waals surface area contributed by atoms with Crippen molar-refractivity contribution in [3.63, 3.8) is 0 Å². The number of hydrogen-bond acceptors (Lipinski definition) is 9. The summed E-state index contributed by atoms with van der Waals surface area (Å²) in [4.78, 5) is 21.1. The average Bonchev–Trinajstić information content (AvgIpc) is 3.54. The molecule has 2 aliphatic heterocycles. The van der Waals surface area contributed by atoms with E-state index in [1.807, 2.05) is 36.4 Å². The first kappa shape index (κ1) is 23.0. The van der Waals surface area contributed by atoms with Gasteiger partial charge in [-0.1, -0.05) is 48.5 Å². The molecule has 0 amide bonds. The summed E-state index contributed by atoms with van der Waals surface area (Å²) >= 11 is 3.45. The molecule has 0 aliphatic carbocycles. The van der Waals surface area contributed by atoms with Gasteiger partial charge in [0.1, 0.15) is 35.6 Å². The van der Waals surface area contributed by atoms with E-state index in [4.69, 9.17) is 24.7 Å². The highest BCUT2D eigenvalue weighted by Crippen LogP contribution is 2.48. The summed E-state index contributed by atoms with van der Waals surface area (Å²) in [7, 11) is 0. The highest BCUT2D eigenvalue weighted by Gasteiger charge is 2.64. The van der Waals surface area contributed by atoms with Crippen molar-refractivity contribution in [2.24, 2.45) is 0 Å². The standard InChI is InChI=1S/C25H22BrN5O5/c26-20-17-21(27)28-14-29-22(17)31(30-20)23-18-19(33-11-15-7-3-1-4-8-15)25(36-23,12-34-18)13-35-24(32)16-9-5-2-6-10-16/h1-10,14,18-19,23H,11-13H2,(H2,27,28,29)/t18-,19+,23-,25-/m1/s1. The third kappa shape index (κ3) is 3.94. The van der Waals surface area contributed by atoms with Gasteiger partial charge in [0.25, 0.3) is 0 Å². The molecule has 0 saturated carbocycles. The molecule has 184 valence electrons. The van der Waals surface area contributed by atoms with E-state index in [1.165, 1.54) is 6.33 Å². The number of benzene rings is 2. The lowest BCUT2D eigenvalue weighted by Gasteiger charge is -2.30. The fourth-order valence-electron chi connectivity index (χ4n) is 4.68. The Labute approximate surface area is 214 Å². The Kier molecular flexibility index (Phi) is 5.92. The minimum absolute atomic E-state index is 0.0509. The first-order chi connectivity index (χ1) is 17.6. The minimum atomic E-state index is -1.03. The number of aromatic nitrogens is 4. The van der Waals surface area contributed by atoms with E-state index in [0.29, 0.717) is 33.6 Å². The van der Waals surface area contributed by atoms with Gasteiger partial charge < -0.3 is 24.7 Å². The maximum atomic E-state index is 12.7. The van der Waals surface area contributed by atoms with Gasteiger partial charge in [-0.15, -0.1) is 0 Å². The molecule has 11 heteroatoms. The first-order valence-electron chi connectivity index (χ1n) is 11.4. The number of nitrogens with zero attached hydrogens (tertiary/aromatic N) is 4. The fourth-order valence-corrected chi connectivity index (χ4v) is 5.23. The molecule has 2 aliphatic rings. The number of hydrogen-bond donors (Lipinski definition) is 1. The Morgan fingerprint density at radius 1 is 1.14 bits per heavy atom. The number of nitrogen functional groups attached to an aromatic ring is 1. The Hall–Kier alpha value is -3.38. The Morgan fingerprint density at radius 2 is 1.89 bits per heavy atom. The van der Waals surface area contributed by atoms with Crippen molar-refractivity contribution in [1.29, 1.82) is 0 Å². The summed E-state index contributed by atoms with van der Waals surface area (Å²) in [6, 6.07) is 18.6. The third-order valence-electron chi connectivity index (χ3n) is 6.42. The predicted octanol–water partition coefficient (Wildman–Crippen LogP) is 3.28. The molecule has 0 spiro atoms. The minimum Gasteiger partial charge on any atom is -0.459 e. The molecule has 36 heavy (non-hydrogen) atoms. The molecular weight excluding hydrogens is 530 g/mol. The largest absolute Gasteiger partial charge is 0.459 e. The van der Waals surface area contributed by atoms with Gasteiger partial charge in [0.05, 0.1) is 24.2 Å². The van der Waals surface area contributed by atoms with Crippen molar-refractivity contribution in [3.8, 4) is 0 Å². The van der Waals surface area contributed by atoms with Crippen molar-refractivity contribution in [3.05, 3.63) is 82.7 Å². The molecule has 4 heterocycles. The van der Waals surface area contributed by atoms with Crippen LogP contribution in [0.15, 0.2) is 71.6 Å². The molecule has 2 bridgehead atoms. The lowest BCUT2D eigenvalue weighted by molar-refractivity contribution is -0.190. The van der Waals surface area contributed by atoms with E-state index in [9.17, 15) is 4.79 Å². The van der Waals surface area contributed by atoms with Crippen LogP contribution < -0.4 is 5.73 Å². The molecule has 4 aromatic rings. The topological polar surface area (TPSA) is 124 Å². The van der Waals surface area contributed by atoms with E-state index >= 15 is 0 Å². The van der Waals surface area contributed by atoms with E-state index in [-0.39, 0.29) is 13.2 Å². The summed E-state index contributed by atoms with van der Waals surface area (Å²) in [5, 5.41) is 5.14. The van der Waals surface area contributed by atoms with Gasteiger partial charge >= 0.3 is 5.97 Å². The maximum Gasteiger partial charge on any atom is 0.338 e. The number of ether oxygens (including phenoxy) is 4. The summed E-state index contributed by atoms with van der Waals surface area (Å²) in [6.45, 7) is 0.492. The first-order valence-corrected chi connectivity index (χ1v) is 12.2. The highest BCUT2D eigenvalue weighted by atomic mass is 79.9. The zero-order valence-corrected chi connectivity index (χ0v) is 20.6. The second-order valence-electron chi connectivity index (χ2n) is 8.70. The maximum absolute atomic E-state index is 12.7. The number of carbonyl (C=O) groups excluding carboxylic acids is 1.